The maximum Gasteiger partial charge on any atom is 0.416 e. The topological polar surface area (TPSA) is 47.6 Å². The van der Waals surface area contributed by atoms with E-state index in [9.17, 15) is 22.4 Å². The number of alkyl halides is 3. The zero-order chi connectivity index (χ0) is 25.7. The minimum Gasteiger partial charge on any atom is -0.380 e. The quantitative estimate of drug-likeness (QED) is 0.320. The first-order valence-electron chi connectivity index (χ1n) is 11.3. The Bertz CT molecular complexity index is 1170. The van der Waals surface area contributed by atoms with Crippen LogP contribution in [-0.2, 0) is 27.1 Å². The molecule has 3 unspecified atom stereocenters. The lowest BCUT2D eigenvalue weighted by molar-refractivity contribution is -0.137. The molecule has 4 rings (SSSR count). The zero-order valence-corrected chi connectivity index (χ0v) is 20.7. The summed E-state index contributed by atoms with van der Waals surface area (Å²) in [5, 5.41) is 2.45. The Labute approximate surface area is 214 Å². The van der Waals surface area contributed by atoms with Crippen molar-refractivity contribution in [3.05, 3.63) is 99.8 Å². The smallest absolute Gasteiger partial charge is 0.380 e. The molecule has 190 valence electrons. The van der Waals surface area contributed by atoms with Crippen molar-refractivity contribution in [2.75, 3.05) is 25.1 Å². The van der Waals surface area contributed by atoms with Crippen molar-refractivity contribution in [1.29, 1.82) is 0 Å². The van der Waals surface area contributed by atoms with Crippen molar-refractivity contribution >= 4 is 27.5 Å². The molecule has 1 aliphatic heterocycles. The highest BCUT2D eigenvalue weighted by Crippen LogP contribution is 2.37. The molecule has 36 heavy (non-hydrogen) atoms. The van der Waals surface area contributed by atoms with Crippen LogP contribution < -0.4 is 5.32 Å². The standard InChI is InChI=1S/C27H24BrF4NO3/c28-20-9-6-18(7-10-20)21-14-36-16-23(22(21)15-35-13-17-4-2-1-3-5-17)26(34)33-25-11-8-19(12-24(25)29)27(30,31)32/h1-12,21-23H,13-16H2,(H,33,34). The van der Waals surface area contributed by atoms with Crippen LogP contribution in [0.4, 0.5) is 23.2 Å². The number of anilines is 1. The highest BCUT2D eigenvalue weighted by atomic mass is 79.9. The van der Waals surface area contributed by atoms with Crippen LogP contribution in [0.2, 0.25) is 0 Å². The lowest BCUT2D eigenvalue weighted by Crippen LogP contribution is -2.43. The highest BCUT2D eigenvalue weighted by molar-refractivity contribution is 9.10. The van der Waals surface area contributed by atoms with Crippen LogP contribution in [0.25, 0.3) is 0 Å². The third kappa shape index (κ3) is 6.52. The van der Waals surface area contributed by atoms with E-state index in [-0.39, 0.29) is 30.7 Å². The fraction of sp³-hybridized carbons (Fsp3) is 0.296. The van der Waals surface area contributed by atoms with Crippen molar-refractivity contribution in [1.82, 2.24) is 0 Å². The fourth-order valence-corrected chi connectivity index (χ4v) is 4.58. The molecule has 0 aliphatic carbocycles. The minimum atomic E-state index is -4.68. The summed E-state index contributed by atoms with van der Waals surface area (Å²) in [7, 11) is 0. The first-order chi connectivity index (χ1) is 17.2. The lowest BCUT2D eigenvalue weighted by Gasteiger charge is -2.37. The van der Waals surface area contributed by atoms with Crippen molar-refractivity contribution < 1.29 is 31.8 Å². The molecule has 1 aliphatic rings. The number of carbonyl (C=O) groups excluding carboxylic acids is 1. The van der Waals surface area contributed by atoms with Gasteiger partial charge < -0.3 is 14.8 Å². The van der Waals surface area contributed by atoms with Gasteiger partial charge >= 0.3 is 6.18 Å². The summed E-state index contributed by atoms with van der Waals surface area (Å²) in [6.07, 6.45) is -4.68. The van der Waals surface area contributed by atoms with Gasteiger partial charge in [0.1, 0.15) is 5.82 Å². The number of hydrogen-bond donors (Lipinski definition) is 1. The molecular formula is C27H24BrF4NO3. The van der Waals surface area contributed by atoms with Crippen molar-refractivity contribution in [2.24, 2.45) is 11.8 Å². The zero-order valence-electron chi connectivity index (χ0n) is 19.1. The highest BCUT2D eigenvalue weighted by Gasteiger charge is 2.40. The van der Waals surface area contributed by atoms with Gasteiger partial charge in [-0.2, -0.15) is 13.2 Å². The lowest BCUT2D eigenvalue weighted by atomic mass is 9.76. The SMILES string of the molecule is O=C(Nc1ccc(C(F)(F)F)cc1F)C1COCC(c2ccc(Br)cc2)C1COCc1ccccc1. The van der Waals surface area contributed by atoms with E-state index in [1.54, 1.807) is 0 Å². The Morgan fingerprint density at radius 1 is 1.03 bits per heavy atom. The van der Waals surface area contributed by atoms with Crippen LogP contribution in [0.1, 0.15) is 22.6 Å². The van der Waals surface area contributed by atoms with E-state index in [1.165, 1.54) is 0 Å². The summed E-state index contributed by atoms with van der Waals surface area (Å²) >= 11 is 3.42. The van der Waals surface area contributed by atoms with Gasteiger partial charge in [0.2, 0.25) is 5.91 Å². The molecule has 0 saturated carbocycles. The second kappa shape index (κ2) is 11.5. The molecule has 0 bridgehead atoms. The monoisotopic (exact) mass is 565 g/mol. The number of halogens is 5. The maximum absolute atomic E-state index is 14.4. The molecule has 0 aromatic heterocycles. The van der Waals surface area contributed by atoms with Gasteiger partial charge in [-0.3, -0.25) is 4.79 Å². The summed E-state index contributed by atoms with van der Waals surface area (Å²) in [4.78, 5) is 13.2. The largest absolute Gasteiger partial charge is 0.416 e. The predicted octanol–water partition coefficient (Wildman–Crippen LogP) is 6.81. The molecule has 1 N–H and O–H groups in total. The molecule has 3 aromatic rings. The molecule has 3 aromatic carbocycles. The first-order valence-corrected chi connectivity index (χ1v) is 12.1. The molecule has 1 saturated heterocycles. The van der Waals surface area contributed by atoms with Crippen LogP contribution >= 0.6 is 15.9 Å². The Balaban J connectivity index is 1.54. The third-order valence-electron chi connectivity index (χ3n) is 6.24. The van der Waals surface area contributed by atoms with Gasteiger partial charge in [-0.05, 0) is 41.5 Å². The molecule has 0 spiro atoms. The molecule has 4 nitrogen and oxygen atoms in total. The average Bonchev–Trinajstić information content (AvgIpc) is 2.86. The Morgan fingerprint density at radius 2 is 1.75 bits per heavy atom. The van der Waals surface area contributed by atoms with E-state index in [0.29, 0.717) is 19.3 Å². The van der Waals surface area contributed by atoms with Gasteiger partial charge in [0.15, 0.2) is 0 Å². The van der Waals surface area contributed by atoms with Gasteiger partial charge in [0, 0.05) is 16.3 Å². The van der Waals surface area contributed by atoms with Crippen molar-refractivity contribution in [2.45, 2.75) is 18.7 Å². The number of amides is 1. The number of benzene rings is 3. The first kappa shape index (κ1) is 26.3. The van der Waals surface area contributed by atoms with E-state index in [2.05, 4.69) is 21.2 Å². The van der Waals surface area contributed by atoms with Gasteiger partial charge in [0.25, 0.3) is 0 Å². The molecular weight excluding hydrogens is 542 g/mol. The second-order valence-corrected chi connectivity index (χ2v) is 9.56. The Hall–Kier alpha value is -2.75. The predicted molar refractivity (Wildman–Crippen MR) is 131 cm³/mol. The van der Waals surface area contributed by atoms with Crippen molar-refractivity contribution in [3.8, 4) is 0 Å². The van der Waals surface area contributed by atoms with E-state index in [0.717, 1.165) is 27.7 Å². The van der Waals surface area contributed by atoms with E-state index in [4.69, 9.17) is 9.47 Å². The average molecular weight is 566 g/mol. The van der Waals surface area contributed by atoms with Gasteiger partial charge in [-0.1, -0.05) is 58.4 Å². The third-order valence-corrected chi connectivity index (χ3v) is 6.77. The number of carbonyl (C=O) groups is 1. The summed E-state index contributed by atoms with van der Waals surface area (Å²) < 4.78 is 65.7. The normalized spacial score (nSPS) is 20.2. The van der Waals surface area contributed by atoms with E-state index in [1.807, 2.05) is 54.6 Å². The summed E-state index contributed by atoms with van der Waals surface area (Å²) in [6, 6.07) is 19.3. The van der Waals surface area contributed by atoms with Gasteiger partial charge in [-0.15, -0.1) is 0 Å². The minimum absolute atomic E-state index is 0.0838. The molecule has 3 atom stereocenters. The second-order valence-electron chi connectivity index (χ2n) is 8.65. The van der Waals surface area contributed by atoms with Crippen LogP contribution in [-0.4, -0.2) is 25.7 Å². The molecule has 9 heteroatoms. The summed E-state index contributed by atoms with van der Waals surface area (Å²) in [5.74, 6) is -2.87. The van der Waals surface area contributed by atoms with Crippen LogP contribution in [0.3, 0.4) is 0 Å². The Kier molecular flexibility index (Phi) is 8.43. The molecule has 0 radical (unpaired) electrons. The summed E-state index contributed by atoms with van der Waals surface area (Å²) in [5.41, 5.74) is 0.506. The van der Waals surface area contributed by atoms with Crippen LogP contribution in [0, 0.1) is 17.7 Å². The maximum atomic E-state index is 14.4. The summed E-state index contributed by atoms with van der Waals surface area (Å²) in [6.45, 7) is 1.06. The van der Waals surface area contributed by atoms with E-state index >= 15 is 0 Å². The molecule has 1 fully saturated rings. The van der Waals surface area contributed by atoms with Gasteiger partial charge in [-0.25, -0.2) is 4.39 Å². The van der Waals surface area contributed by atoms with Crippen molar-refractivity contribution in [3.63, 3.8) is 0 Å². The fourth-order valence-electron chi connectivity index (χ4n) is 4.31. The van der Waals surface area contributed by atoms with Crippen LogP contribution in [0.15, 0.2) is 77.3 Å². The van der Waals surface area contributed by atoms with E-state index < -0.39 is 29.4 Å². The number of rotatable bonds is 7. The molecule has 1 heterocycles. The van der Waals surface area contributed by atoms with Gasteiger partial charge in [0.05, 0.1) is 43.6 Å². The number of ether oxygens (including phenoxy) is 2. The van der Waals surface area contributed by atoms with Crippen LogP contribution in [0.5, 0.6) is 0 Å². The number of hydrogen-bond acceptors (Lipinski definition) is 3. The Morgan fingerprint density at radius 3 is 2.42 bits per heavy atom. The molecule has 1 amide bonds. The number of nitrogens with one attached hydrogen (secondary N) is 1.